The Bertz CT molecular complexity index is 739. The van der Waals surface area contributed by atoms with Crippen molar-refractivity contribution in [2.24, 2.45) is 0 Å². The molecule has 140 valence electrons. The monoisotopic (exact) mass is 366 g/mol. The Balaban J connectivity index is 2.13. The predicted octanol–water partition coefficient (Wildman–Crippen LogP) is 5.28. The van der Waals surface area contributed by atoms with E-state index in [1.54, 1.807) is 42.3 Å². The minimum Gasteiger partial charge on any atom is -0.306 e. The van der Waals surface area contributed by atoms with Gasteiger partial charge in [-0.1, -0.05) is 36.9 Å². The van der Waals surface area contributed by atoms with Gasteiger partial charge in [-0.3, -0.25) is 0 Å². The summed E-state index contributed by atoms with van der Waals surface area (Å²) in [6.07, 6.45) is -1.97. The second kappa shape index (κ2) is 8.85. The van der Waals surface area contributed by atoms with Crippen LogP contribution in [-0.2, 0) is 6.42 Å². The normalized spacial score (nSPS) is 11.2. The maximum absolute atomic E-state index is 13.7. The predicted molar refractivity (Wildman–Crippen MR) is 95.5 cm³/mol. The van der Waals surface area contributed by atoms with Crippen LogP contribution in [0.4, 0.5) is 17.6 Å². The van der Waals surface area contributed by atoms with Crippen LogP contribution >= 0.6 is 0 Å². The van der Waals surface area contributed by atoms with Gasteiger partial charge < -0.3 is 5.01 Å². The molecule has 0 saturated carbocycles. The summed E-state index contributed by atoms with van der Waals surface area (Å²) in [6, 6.07) is 9.96. The van der Waals surface area contributed by atoms with Crippen molar-refractivity contribution in [1.82, 2.24) is 10.0 Å². The van der Waals surface area contributed by atoms with Gasteiger partial charge in [0.25, 0.3) is 6.43 Å². The lowest BCUT2D eigenvalue weighted by Gasteiger charge is -2.33. The molecule has 2 rings (SSSR count). The molecule has 0 aromatic heterocycles. The third kappa shape index (κ3) is 4.64. The van der Waals surface area contributed by atoms with Gasteiger partial charge in [0.1, 0.15) is 11.6 Å². The van der Waals surface area contributed by atoms with E-state index in [0.717, 1.165) is 0 Å². The fraction of sp³-hybridized carbons (Fsp3) is 0.300. The van der Waals surface area contributed by atoms with Crippen LogP contribution in [0, 0.1) is 11.6 Å². The van der Waals surface area contributed by atoms with Crippen LogP contribution in [0.1, 0.15) is 29.5 Å². The number of hydrazine groups is 1. The highest BCUT2D eigenvalue weighted by Gasteiger charge is 2.19. The van der Waals surface area contributed by atoms with Crippen LogP contribution in [0.3, 0.4) is 0 Å². The lowest BCUT2D eigenvalue weighted by molar-refractivity contribution is 0.0946. The van der Waals surface area contributed by atoms with Gasteiger partial charge >= 0.3 is 0 Å². The van der Waals surface area contributed by atoms with Crippen LogP contribution < -0.4 is 0 Å². The number of halogens is 4. The minimum absolute atomic E-state index is 0.0322. The van der Waals surface area contributed by atoms with Crippen LogP contribution in [0.2, 0.25) is 0 Å². The molecule has 0 amide bonds. The van der Waals surface area contributed by atoms with E-state index in [-0.39, 0.29) is 17.5 Å². The summed E-state index contributed by atoms with van der Waals surface area (Å²) >= 11 is 0. The largest absolute Gasteiger partial charge is 0.306 e. The summed E-state index contributed by atoms with van der Waals surface area (Å²) in [5.41, 5.74) is 0.711. The van der Waals surface area contributed by atoms with E-state index in [2.05, 4.69) is 6.58 Å². The molecule has 0 radical (unpaired) electrons. The minimum atomic E-state index is -2.61. The average molecular weight is 366 g/mol. The van der Waals surface area contributed by atoms with E-state index < -0.39 is 18.1 Å². The van der Waals surface area contributed by atoms with Crippen molar-refractivity contribution in [2.45, 2.75) is 19.3 Å². The number of alkyl halides is 2. The fourth-order valence-electron chi connectivity index (χ4n) is 2.84. The molecule has 6 heteroatoms. The molecule has 0 N–H and O–H groups in total. The molecule has 0 aliphatic rings. The zero-order chi connectivity index (χ0) is 19.3. The quantitative estimate of drug-likeness (QED) is 0.463. The van der Waals surface area contributed by atoms with Crippen LogP contribution in [-0.4, -0.2) is 30.7 Å². The maximum atomic E-state index is 13.7. The van der Waals surface area contributed by atoms with Gasteiger partial charge in [-0.2, -0.15) is 0 Å². The molecule has 2 nitrogen and oxygen atoms in total. The summed E-state index contributed by atoms with van der Waals surface area (Å²) in [5, 5.41) is 3.45. The molecule has 0 saturated heterocycles. The first kappa shape index (κ1) is 20.0. The van der Waals surface area contributed by atoms with Gasteiger partial charge in [0, 0.05) is 37.3 Å². The zero-order valence-corrected chi connectivity index (χ0v) is 14.9. The molecule has 0 fully saturated rings. The molecular weight excluding hydrogens is 344 g/mol. The summed E-state index contributed by atoms with van der Waals surface area (Å²) < 4.78 is 54.0. The molecule has 0 aliphatic heterocycles. The molecule has 0 atom stereocenters. The standard InChI is InChI=1S/C20H22F4N2/c1-14(15-8-4-5-9-16(15)20(23)24)26(25(2)3)13-7-10-17-18(21)11-6-12-19(17)22/h4-6,8-9,11-12,20H,1,7,10,13H2,2-3H3. The summed E-state index contributed by atoms with van der Waals surface area (Å²) in [6.45, 7) is 4.34. The maximum Gasteiger partial charge on any atom is 0.264 e. The van der Waals surface area contributed by atoms with Gasteiger partial charge in [-0.15, -0.1) is 0 Å². The molecule has 0 heterocycles. The van der Waals surface area contributed by atoms with E-state index in [9.17, 15) is 17.6 Å². The molecule has 0 unspecified atom stereocenters. The van der Waals surface area contributed by atoms with Crippen LogP contribution in [0.15, 0.2) is 49.0 Å². The van der Waals surface area contributed by atoms with Gasteiger partial charge in [0.2, 0.25) is 0 Å². The van der Waals surface area contributed by atoms with Crippen molar-refractivity contribution in [3.63, 3.8) is 0 Å². The van der Waals surface area contributed by atoms with Crippen LogP contribution in [0.5, 0.6) is 0 Å². The lowest BCUT2D eigenvalue weighted by Crippen LogP contribution is -2.36. The zero-order valence-electron chi connectivity index (χ0n) is 14.9. The molecule has 2 aromatic rings. The molecule has 0 spiro atoms. The van der Waals surface area contributed by atoms with Gasteiger partial charge in [0.15, 0.2) is 0 Å². The first-order valence-electron chi connectivity index (χ1n) is 8.27. The molecule has 2 aromatic carbocycles. The van der Waals surface area contributed by atoms with Crippen molar-refractivity contribution in [3.8, 4) is 0 Å². The average Bonchev–Trinajstić information content (AvgIpc) is 2.60. The number of rotatable bonds is 8. The van der Waals surface area contributed by atoms with E-state index in [0.29, 0.717) is 24.2 Å². The molecule has 0 bridgehead atoms. The summed E-state index contributed by atoms with van der Waals surface area (Å²) in [5.74, 6) is -1.16. The lowest BCUT2D eigenvalue weighted by atomic mass is 10.0. The first-order valence-corrected chi connectivity index (χ1v) is 8.27. The van der Waals surface area contributed by atoms with E-state index in [1.165, 1.54) is 24.3 Å². The summed E-state index contributed by atoms with van der Waals surface area (Å²) in [4.78, 5) is 0. The number of benzene rings is 2. The van der Waals surface area contributed by atoms with Crippen LogP contribution in [0.25, 0.3) is 5.70 Å². The Morgan fingerprint density at radius 1 is 1.00 bits per heavy atom. The van der Waals surface area contributed by atoms with E-state index >= 15 is 0 Å². The third-order valence-corrected chi connectivity index (χ3v) is 4.16. The fourth-order valence-corrected chi connectivity index (χ4v) is 2.84. The second-order valence-electron chi connectivity index (χ2n) is 6.11. The van der Waals surface area contributed by atoms with Crippen molar-refractivity contribution in [1.29, 1.82) is 0 Å². The highest BCUT2D eigenvalue weighted by Crippen LogP contribution is 2.29. The van der Waals surface area contributed by atoms with E-state index in [1.807, 2.05) is 0 Å². The number of hydrogen-bond acceptors (Lipinski definition) is 2. The Kier molecular flexibility index (Phi) is 6.80. The highest BCUT2D eigenvalue weighted by atomic mass is 19.3. The number of hydrogen-bond donors (Lipinski definition) is 0. The first-order chi connectivity index (χ1) is 12.3. The molecule has 26 heavy (non-hydrogen) atoms. The van der Waals surface area contributed by atoms with Gasteiger partial charge in [0.05, 0.1) is 5.70 Å². The Morgan fingerprint density at radius 2 is 1.62 bits per heavy atom. The topological polar surface area (TPSA) is 6.48 Å². The summed E-state index contributed by atoms with van der Waals surface area (Å²) in [7, 11) is 3.53. The highest BCUT2D eigenvalue weighted by molar-refractivity contribution is 5.65. The van der Waals surface area contributed by atoms with Crippen molar-refractivity contribution in [2.75, 3.05) is 20.6 Å². The van der Waals surface area contributed by atoms with Crippen molar-refractivity contribution < 1.29 is 17.6 Å². The smallest absolute Gasteiger partial charge is 0.264 e. The number of nitrogens with zero attached hydrogens (tertiary/aromatic N) is 2. The second-order valence-corrected chi connectivity index (χ2v) is 6.11. The Morgan fingerprint density at radius 3 is 2.19 bits per heavy atom. The Labute approximate surface area is 151 Å². The van der Waals surface area contributed by atoms with Gasteiger partial charge in [-0.05, 0) is 25.0 Å². The third-order valence-electron chi connectivity index (χ3n) is 4.16. The van der Waals surface area contributed by atoms with E-state index in [4.69, 9.17) is 0 Å². The van der Waals surface area contributed by atoms with Crippen molar-refractivity contribution in [3.05, 3.63) is 77.4 Å². The Hall–Kier alpha value is -2.34. The molecule has 0 aliphatic carbocycles. The SMILES string of the molecule is C=C(c1ccccc1C(F)F)N(CCCc1c(F)cccc1F)N(C)C. The van der Waals surface area contributed by atoms with Gasteiger partial charge in [-0.25, -0.2) is 22.6 Å². The molecular formula is C20H22F4N2. The van der Waals surface area contributed by atoms with Crippen molar-refractivity contribution >= 4 is 5.70 Å².